The molecule has 0 rings (SSSR count). The van der Waals surface area contributed by atoms with Crippen molar-refractivity contribution in [3.63, 3.8) is 0 Å². The van der Waals surface area contributed by atoms with Crippen LogP contribution in [-0.2, 0) is 37.5 Å². The minimum Gasteiger partial charge on any atom is -0.462 e. The number of ether oxygens (including phenoxy) is 2. The normalized spacial score (nSPS) is 14.6. The van der Waals surface area contributed by atoms with Crippen LogP contribution < -0.4 is 5.73 Å². The first-order valence-corrected chi connectivity index (χ1v) is 23.4. The molecule has 0 aromatic rings. The van der Waals surface area contributed by atoms with E-state index in [0.717, 1.165) is 51.4 Å². The highest BCUT2D eigenvalue weighted by atomic mass is 31.2. The van der Waals surface area contributed by atoms with Crippen LogP contribution in [0.3, 0.4) is 0 Å². The third-order valence-corrected chi connectivity index (χ3v) is 9.81. The van der Waals surface area contributed by atoms with E-state index in [0.29, 0.717) is 12.8 Å². The molecule has 0 heterocycles. The highest BCUT2D eigenvalue weighted by Gasteiger charge is 2.27. The van der Waals surface area contributed by atoms with Crippen LogP contribution in [0.1, 0.15) is 162 Å². The Kier molecular flexibility index (Phi) is 38.4. The van der Waals surface area contributed by atoms with Crippen LogP contribution in [0.15, 0.2) is 85.1 Å². The monoisotopic (exact) mass is 832 g/mol. The summed E-state index contributed by atoms with van der Waals surface area (Å²) in [6, 6.07) is -1.10. The Balaban J connectivity index is 4.55. The average Bonchev–Trinajstić information content (AvgIpc) is 3.20. The fraction of sp³-hybridized carbons (Fsp3) is 0.638. The van der Waals surface area contributed by atoms with Gasteiger partial charge in [0.05, 0.1) is 19.3 Å². The number of Topliss-reactive ketones (excluding diaryl/α,β-unsaturated/α-hetero) is 1. The summed E-state index contributed by atoms with van der Waals surface area (Å²) in [6.45, 7) is 4.15. The second kappa shape index (κ2) is 40.6. The Hall–Kier alpha value is -3.14. The maximum atomic E-state index is 12.6. The van der Waals surface area contributed by atoms with Crippen LogP contribution in [0.4, 0.5) is 0 Å². The van der Waals surface area contributed by atoms with Gasteiger partial charge in [-0.2, -0.15) is 0 Å². The van der Waals surface area contributed by atoms with Gasteiger partial charge >= 0.3 is 19.8 Å². The first-order chi connectivity index (χ1) is 28.1. The van der Waals surface area contributed by atoms with Crippen molar-refractivity contribution in [2.45, 2.75) is 174 Å². The summed E-state index contributed by atoms with van der Waals surface area (Å²) < 4.78 is 32.9. The zero-order valence-corrected chi connectivity index (χ0v) is 37.0. The summed E-state index contributed by atoms with van der Waals surface area (Å²) in [4.78, 5) is 46.4. The van der Waals surface area contributed by atoms with E-state index in [1.807, 2.05) is 18.2 Å². The minimum atomic E-state index is -4.64. The third-order valence-electron chi connectivity index (χ3n) is 8.86. The van der Waals surface area contributed by atoms with Crippen LogP contribution in [0.2, 0.25) is 0 Å². The van der Waals surface area contributed by atoms with E-state index in [1.54, 1.807) is 0 Å². The Morgan fingerprint density at radius 1 is 0.552 bits per heavy atom. The number of phosphoric acid groups is 1. The molecule has 3 unspecified atom stereocenters. The number of nitrogens with two attached hydrogens (primary N) is 1. The number of allylic oxidation sites excluding steroid dienone is 14. The first-order valence-electron chi connectivity index (χ1n) is 21.9. The number of esters is 2. The van der Waals surface area contributed by atoms with Crippen LogP contribution in [0, 0.1) is 0 Å². The van der Waals surface area contributed by atoms with Gasteiger partial charge in [-0.25, -0.2) is 4.57 Å². The number of carbonyl (C=O) groups excluding carboxylic acids is 3. The molecule has 0 saturated heterocycles. The van der Waals surface area contributed by atoms with E-state index in [9.17, 15) is 23.8 Å². The van der Waals surface area contributed by atoms with E-state index in [4.69, 9.17) is 24.3 Å². The van der Waals surface area contributed by atoms with E-state index in [2.05, 4.69) is 80.7 Å². The standard InChI is InChI=1S/C47H78NO9P/c1-4-6-8-10-12-14-16-18-20-21-22-23-25-27-29-31-33-35-37-39-47(51)57-44(41-55-58(52,53)56-42-45(48)43(3)49)40-54-46(50)38-36-34-32-30-28-26-24-19-17-15-13-11-9-7-5-2/h6,8,12,14,18,20,22-23,27,29,32-35,44-45H,4-5,7,9-11,13,15-17,19,21,24-26,28,30-31,36-42,48H2,1-3H3,(H,52,53). The molecular formula is C47H78NO9P. The van der Waals surface area contributed by atoms with E-state index in [1.165, 1.54) is 71.1 Å². The second-order valence-corrected chi connectivity index (χ2v) is 15.8. The molecule has 11 heteroatoms. The maximum Gasteiger partial charge on any atom is 0.472 e. The van der Waals surface area contributed by atoms with Gasteiger partial charge in [-0.15, -0.1) is 0 Å². The molecule has 0 aliphatic rings. The zero-order valence-electron chi connectivity index (χ0n) is 36.2. The number of phosphoric ester groups is 1. The molecule has 330 valence electrons. The molecule has 3 atom stereocenters. The van der Waals surface area contributed by atoms with Gasteiger partial charge in [0.1, 0.15) is 12.4 Å². The van der Waals surface area contributed by atoms with Crippen molar-refractivity contribution in [1.29, 1.82) is 0 Å². The lowest BCUT2D eigenvalue weighted by atomic mass is 10.1. The lowest BCUT2D eigenvalue weighted by Gasteiger charge is -2.20. The van der Waals surface area contributed by atoms with Crippen molar-refractivity contribution in [3.05, 3.63) is 85.1 Å². The Morgan fingerprint density at radius 3 is 1.47 bits per heavy atom. The third kappa shape index (κ3) is 39.7. The predicted octanol–water partition coefficient (Wildman–Crippen LogP) is 12.0. The van der Waals surface area contributed by atoms with Crippen LogP contribution in [0.5, 0.6) is 0 Å². The summed E-state index contributed by atoms with van der Waals surface area (Å²) in [6.07, 6.45) is 50.1. The van der Waals surface area contributed by atoms with Gasteiger partial charge in [0.25, 0.3) is 0 Å². The molecule has 0 aromatic carbocycles. The molecule has 0 bridgehead atoms. The Labute approximate surface area is 351 Å². The average molecular weight is 832 g/mol. The molecule has 3 N–H and O–H groups in total. The lowest BCUT2D eigenvalue weighted by molar-refractivity contribution is -0.161. The van der Waals surface area contributed by atoms with E-state index in [-0.39, 0.29) is 19.4 Å². The van der Waals surface area contributed by atoms with Gasteiger partial charge in [0.15, 0.2) is 6.10 Å². The molecule has 0 saturated carbocycles. The Morgan fingerprint density at radius 2 is 0.966 bits per heavy atom. The minimum absolute atomic E-state index is 0.0529. The molecule has 0 spiro atoms. The first kappa shape index (κ1) is 54.9. The van der Waals surface area contributed by atoms with Gasteiger partial charge < -0.3 is 20.1 Å². The highest BCUT2D eigenvalue weighted by Crippen LogP contribution is 2.43. The van der Waals surface area contributed by atoms with Gasteiger partial charge in [-0.1, -0.05) is 163 Å². The molecular weight excluding hydrogens is 753 g/mol. The Bertz CT molecular complexity index is 1300. The largest absolute Gasteiger partial charge is 0.472 e. The number of hydrogen-bond donors (Lipinski definition) is 2. The summed E-state index contributed by atoms with van der Waals surface area (Å²) in [5.74, 6) is -1.49. The fourth-order valence-corrected chi connectivity index (χ4v) is 6.11. The summed E-state index contributed by atoms with van der Waals surface area (Å²) in [7, 11) is -4.64. The molecule has 0 fully saturated rings. The highest BCUT2D eigenvalue weighted by molar-refractivity contribution is 7.47. The topological polar surface area (TPSA) is 151 Å². The SMILES string of the molecule is CCC=CCC=CCC=CCC=CCC=CCC=CCCC(=O)OC(COC(=O)CCC=CCCCCCCCCCCCCC)COP(=O)(O)OCC(N)C(C)=O. The number of ketones is 1. The lowest BCUT2D eigenvalue weighted by Crippen LogP contribution is -2.33. The van der Waals surface area contributed by atoms with Gasteiger partial charge in [-0.05, 0) is 71.1 Å². The van der Waals surface area contributed by atoms with Gasteiger partial charge in [-0.3, -0.25) is 23.4 Å². The molecule has 0 aliphatic heterocycles. The maximum absolute atomic E-state index is 12.6. The van der Waals surface area contributed by atoms with E-state index < -0.39 is 50.9 Å². The molecule has 10 nitrogen and oxygen atoms in total. The fourth-order valence-electron chi connectivity index (χ4n) is 5.33. The number of hydrogen-bond acceptors (Lipinski definition) is 9. The van der Waals surface area contributed by atoms with Gasteiger partial charge in [0, 0.05) is 12.8 Å². The van der Waals surface area contributed by atoms with Crippen molar-refractivity contribution in [2.75, 3.05) is 19.8 Å². The predicted molar refractivity (Wildman–Crippen MR) is 238 cm³/mol. The van der Waals surface area contributed by atoms with Crippen molar-refractivity contribution < 1.29 is 42.4 Å². The van der Waals surface area contributed by atoms with Crippen molar-refractivity contribution in [2.24, 2.45) is 5.73 Å². The number of carbonyl (C=O) groups is 3. The molecule has 58 heavy (non-hydrogen) atoms. The van der Waals surface area contributed by atoms with Gasteiger partial charge in [0.2, 0.25) is 0 Å². The van der Waals surface area contributed by atoms with Crippen molar-refractivity contribution >= 4 is 25.5 Å². The second-order valence-electron chi connectivity index (χ2n) is 14.4. The zero-order chi connectivity index (χ0) is 42.8. The van der Waals surface area contributed by atoms with Crippen molar-refractivity contribution in [1.82, 2.24) is 0 Å². The van der Waals surface area contributed by atoms with Crippen LogP contribution >= 0.6 is 7.82 Å². The molecule has 0 aliphatic carbocycles. The van der Waals surface area contributed by atoms with Crippen LogP contribution in [0.25, 0.3) is 0 Å². The molecule has 0 radical (unpaired) electrons. The summed E-state index contributed by atoms with van der Waals surface area (Å²) in [5, 5.41) is 0. The van der Waals surface area contributed by atoms with Crippen molar-refractivity contribution in [3.8, 4) is 0 Å². The molecule has 0 aromatic heterocycles. The summed E-state index contributed by atoms with van der Waals surface area (Å²) in [5.41, 5.74) is 5.57. The van der Waals surface area contributed by atoms with Crippen LogP contribution in [-0.4, -0.2) is 54.6 Å². The summed E-state index contributed by atoms with van der Waals surface area (Å²) >= 11 is 0. The van der Waals surface area contributed by atoms with E-state index >= 15 is 0 Å². The smallest absolute Gasteiger partial charge is 0.462 e. The molecule has 0 amide bonds. The quantitative estimate of drug-likeness (QED) is 0.0265. The number of rotatable bonds is 39. The number of unbranched alkanes of at least 4 members (excludes halogenated alkanes) is 11.